The average Bonchev–Trinajstić information content (AvgIpc) is 2.41. The Morgan fingerprint density at radius 1 is 1.21 bits per heavy atom. The van der Waals surface area contributed by atoms with Crippen LogP contribution in [0.25, 0.3) is 0 Å². The van der Waals surface area contributed by atoms with Gasteiger partial charge in [-0.3, -0.25) is 14.6 Å². The molecule has 0 aromatic heterocycles. The number of nitrogens with zero attached hydrogens (tertiary/aromatic N) is 3. The van der Waals surface area contributed by atoms with E-state index in [0.717, 1.165) is 52.4 Å². The van der Waals surface area contributed by atoms with Crippen molar-refractivity contribution in [1.29, 1.82) is 0 Å². The number of nitrogens with one attached hydrogen (secondary N) is 2. The lowest BCUT2D eigenvalue weighted by molar-refractivity contribution is -0.122. The molecule has 0 aromatic carbocycles. The molecule has 0 bridgehead atoms. The van der Waals surface area contributed by atoms with Gasteiger partial charge < -0.3 is 15.5 Å². The van der Waals surface area contributed by atoms with E-state index in [0.29, 0.717) is 12.6 Å². The molecule has 0 aliphatic carbocycles. The zero-order valence-electron chi connectivity index (χ0n) is 12.2. The number of likely N-dealkylation sites (N-methyl/N-ethyl adjacent to an activating group) is 2. The summed E-state index contributed by atoms with van der Waals surface area (Å²) in [6.45, 7) is 8.44. The maximum Gasteiger partial charge on any atom is 0.234 e. The summed E-state index contributed by atoms with van der Waals surface area (Å²) in [6, 6.07) is 0.436. The van der Waals surface area contributed by atoms with Crippen LogP contribution in [-0.4, -0.2) is 99.6 Å². The van der Waals surface area contributed by atoms with Crippen LogP contribution >= 0.6 is 0 Å². The molecule has 2 fully saturated rings. The van der Waals surface area contributed by atoms with E-state index in [9.17, 15) is 4.79 Å². The fourth-order valence-electron chi connectivity index (χ4n) is 2.68. The Balaban J connectivity index is 1.67. The molecular formula is C13H27N5O. The standard InChI is InChI=1S/C13H27N5O/c1-16-7-8-17(2)12(10-16)9-15-13(19)11-18-5-3-14-4-6-18/h12,14H,3-11H2,1-2H3,(H,15,19). The van der Waals surface area contributed by atoms with Crippen LogP contribution in [-0.2, 0) is 4.79 Å². The fraction of sp³-hybridized carbons (Fsp3) is 0.923. The van der Waals surface area contributed by atoms with Gasteiger partial charge in [0.2, 0.25) is 5.91 Å². The number of carbonyl (C=O) groups excluding carboxylic acids is 1. The minimum Gasteiger partial charge on any atom is -0.353 e. The Morgan fingerprint density at radius 3 is 2.68 bits per heavy atom. The molecule has 1 unspecified atom stereocenters. The molecule has 2 aliphatic heterocycles. The van der Waals surface area contributed by atoms with Crippen LogP contribution in [0.3, 0.4) is 0 Å². The molecule has 2 N–H and O–H groups in total. The first-order valence-corrected chi connectivity index (χ1v) is 7.23. The van der Waals surface area contributed by atoms with Crippen LogP contribution in [0.5, 0.6) is 0 Å². The highest BCUT2D eigenvalue weighted by atomic mass is 16.2. The van der Waals surface area contributed by atoms with E-state index in [2.05, 4.69) is 39.4 Å². The third-order valence-corrected chi connectivity index (χ3v) is 4.09. The first-order valence-electron chi connectivity index (χ1n) is 7.23. The van der Waals surface area contributed by atoms with Crippen molar-refractivity contribution in [1.82, 2.24) is 25.3 Å². The Kier molecular flexibility index (Phi) is 5.57. The maximum absolute atomic E-state index is 11.9. The average molecular weight is 269 g/mol. The van der Waals surface area contributed by atoms with E-state index < -0.39 is 0 Å². The third kappa shape index (κ3) is 4.72. The van der Waals surface area contributed by atoms with Gasteiger partial charge in [-0.05, 0) is 14.1 Å². The van der Waals surface area contributed by atoms with Gasteiger partial charge in [-0.1, -0.05) is 0 Å². The summed E-state index contributed by atoms with van der Waals surface area (Å²) in [5.74, 6) is 0.156. The Labute approximate surface area is 116 Å². The van der Waals surface area contributed by atoms with Gasteiger partial charge in [-0.15, -0.1) is 0 Å². The van der Waals surface area contributed by atoms with Crippen molar-refractivity contribution in [2.75, 3.05) is 73.0 Å². The van der Waals surface area contributed by atoms with E-state index in [1.165, 1.54) is 0 Å². The number of piperazine rings is 2. The molecule has 0 radical (unpaired) electrons. The van der Waals surface area contributed by atoms with Crippen LogP contribution < -0.4 is 10.6 Å². The number of hydrogen-bond acceptors (Lipinski definition) is 5. The van der Waals surface area contributed by atoms with Crippen LogP contribution in [0.1, 0.15) is 0 Å². The number of amides is 1. The van der Waals surface area contributed by atoms with Gasteiger partial charge in [0.1, 0.15) is 0 Å². The van der Waals surface area contributed by atoms with Gasteiger partial charge in [0.05, 0.1) is 6.54 Å². The van der Waals surface area contributed by atoms with Crippen molar-refractivity contribution in [2.45, 2.75) is 6.04 Å². The van der Waals surface area contributed by atoms with Crippen LogP contribution in [0.2, 0.25) is 0 Å². The Hall–Kier alpha value is -0.690. The van der Waals surface area contributed by atoms with Crippen molar-refractivity contribution in [3.8, 4) is 0 Å². The first-order chi connectivity index (χ1) is 9.15. The molecule has 110 valence electrons. The normalized spacial score (nSPS) is 27.4. The fourth-order valence-corrected chi connectivity index (χ4v) is 2.68. The van der Waals surface area contributed by atoms with E-state index in [4.69, 9.17) is 0 Å². The summed E-state index contributed by atoms with van der Waals surface area (Å²) in [5, 5.41) is 6.38. The lowest BCUT2D eigenvalue weighted by Gasteiger charge is -2.37. The van der Waals surface area contributed by atoms with E-state index in [1.54, 1.807) is 0 Å². The summed E-state index contributed by atoms with van der Waals surface area (Å²) < 4.78 is 0. The van der Waals surface area contributed by atoms with Crippen LogP contribution in [0.15, 0.2) is 0 Å². The summed E-state index contributed by atoms with van der Waals surface area (Å²) in [5.41, 5.74) is 0. The number of rotatable bonds is 4. The predicted octanol–water partition coefficient (Wildman–Crippen LogP) is -1.75. The Bertz CT molecular complexity index is 293. The van der Waals surface area contributed by atoms with Crippen LogP contribution in [0.4, 0.5) is 0 Å². The molecular weight excluding hydrogens is 242 g/mol. The van der Waals surface area contributed by atoms with Gasteiger partial charge >= 0.3 is 0 Å². The zero-order valence-corrected chi connectivity index (χ0v) is 12.2. The molecule has 0 saturated carbocycles. The van der Waals surface area contributed by atoms with E-state index in [-0.39, 0.29) is 5.91 Å². The summed E-state index contributed by atoms with van der Waals surface area (Å²) in [6.07, 6.45) is 0. The lowest BCUT2D eigenvalue weighted by Crippen LogP contribution is -2.55. The predicted molar refractivity (Wildman–Crippen MR) is 76.2 cm³/mol. The second kappa shape index (κ2) is 7.19. The van der Waals surface area contributed by atoms with Gasteiger partial charge in [0, 0.05) is 58.4 Å². The van der Waals surface area contributed by atoms with Crippen molar-refractivity contribution in [3.05, 3.63) is 0 Å². The summed E-state index contributed by atoms with van der Waals surface area (Å²) in [4.78, 5) is 18.8. The van der Waals surface area contributed by atoms with Crippen LogP contribution in [0, 0.1) is 0 Å². The number of carbonyl (C=O) groups is 1. The SMILES string of the molecule is CN1CCN(C)C(CNC(=O)CN2CCNCC2)C1. The van der Waals surface area contributed by atoms with Gasteiger partial charge in [0.25, 0.3) is 0 Å². The molecule has 2 saturated heterocycles. The summed E-state index contributed by atoms with van der Waals surface area (Å²) in [7, 11) is 4.28. The second-order valence-electron chi connectivity index (χ2n) is 5.73. The lowest BCUT2D eigenvalue weighted by atomic mass is 10.2. The van der Waals surface area contributed by atoms with Gasteiger partial charge in [-0.2, -0.15) is 0 Å². The molecule has 6 nitrogen and oxygen atoms in total. The zero-order chi connectivity index (χ0) is 13.7. The van der Waals surface area contributed by atoms with Crippen molar-refractivity contribution in [3.63, 3.8) is 0 Å². The minimum absolute atomic E-state index is 0.156. The Morgan fingerprint density at radius 2 is 1.95 bits per heavy atom. The summed E-state index contributed by atoms with van der Waals surface area (Å²) >= 11 is 0. The molecule has 2 rings (SSSR count). The minimum atomic E-state index is 0.156. The smallest absolute Gasteiger partial charge is 0.234 e. The van der Waals surface area contributed by atoms with Crippen molar-refractivity contribution >= 4 is 5.91 Å². The molecule has 0 aromatic rings. The van der Waals surface area contributed by atoms with Crippen molar-refractivity contribution < 1.29 is 4.79 Å². The molecule has 1 atom stereocenters. The molecule has 2 heterocycles. The van der Waals surface area contributed by atoms with Gasteiger partial charge in [-0.25, -0.2) is 0 Å². The topological polar surface area (TPSA) is 50.9 Å². The van der Waals surface area contributed by atoms with Gasteiger partial charge in [0.15, 0.2) is 0 Å². The first kappa shape index (κ1) is 14.7. The number of hydrogen-bond donors (Lipinski definition) is 2. The highest BCUT2D eigenvalue weighted by Crippen LogP contribution is 2.04. The monoisotopic (exact) mass is 269 g/mol. The van der Waals surface area contributed by atoms with Crippen molar-refractivity contribution in [2.24, 2.45) is 0 Å². The highest BCUT2D eigenvalue weighted by Gasteiger charge is 2.22. The van der Waals surface area contributed by atoms with E-state index >= 15 is 0 Å². The molecule has 0 spiro atoms. The third-order valence-electron chi connectivity index (χ3n) is 4.09. The largest absolute Gasteiger partial charge is 0.353 e. The molecule has 2 aliphatic rings. The molecule has 6 heteroatoms. The molecule has 19 heavy (non-hydrogen) atoms. The highest BCUT2D eigenvalue weighted by molar-refractivity contribution is 5.78. The second-order valence-corrected chi connectivity index (χ2v) is 5.73. The van der Waals surface area contributed by atoms with E-state index in [1.807, 2.05) is 0 Å². The molecule has 1 amide bonds. The maximum atomic E-state index is 11.9. The quantitative estimate of drug-likeness (QED) is 0.634.